The summed E-state index contributed by atoms with van der Waals surface area (Å²) in [6.07, 6.45) is 2.88. The van der Waals surface area contributed by atoms with Gasteiger partial charge in [-0.2, -0.15) is 9.61 Å². The number of nitrogens with two attached hydrogens (primary N) is 1. The van der Waals surface area contributed by atoms with Crippen LogP contribution in [-0.2, 0) is 0 Å². The molecule has 0 saturated carbocycles. The summed E-state index contributed by atoms with van der Waals surface area (Å²) in [5, 5.41) is 13.1. The second-order valence-corrected chi connectivity index (χ2v) is 4.02. The Morgan fingerprint density at radius 2 is 1.95 bits per heavy atom. The lowest BCUT2D eigenvalue weighted by Gasteiger charge is -2.03. The van der Waals surface area contributed by atoms with Crippen molar-refractivity contribution in [3.63, 3.8) is 0 Å². The number of rotatable bonds is 2. The summed E-state index contributed by atoms with van der Waals surface area (Å²) in [6, 6.07) is 9.60. The molecular weight excluding hydrogens is 244 g/mol. The lowest BCUT2D eigenvalue weighted by molar-refractivity contribution is 0.0697. The molecule has 0 atom stereocenters. The number of anilines is 1. The lowest BCUT2D eigenvalue weighted by atomic mass is 10.1. The Balaban J connectivity index is 2.26. The number of carboxylic acids is 1. The highest BCUT2D eigenvalue weighted by Gasteiger charge is 2.15. The first-order chi connectivity index (χ1) is 9.18. The fourth-order valence-electron chi connectivity index (χ4n) is 1.93. The van der Waals surface area contributed by atoms with E-state index in [9.17, 15) is 4.79 Å². The molecule has 0 bridgehead atoms. The third-order valence-corrected chi connectivity index (χ3v) is 2.88. The van der Waals surface area contributed by atoms with E-state index in [2.05, 4.69) is 10.1 Å². The van der Waals surface area contributed by atoms with Gasteiger partial charge in [0.15, 0.2) is 5.65 Å². The Hall–Kier alpha value is -2.89. The summed E-state index contributed by atoms with van der Waals surface area (Å²) in [5.74, 6) is -1.05. The molecule has 0 aliphatic rings. The molecule has 0 aliphatic heterocycles. The molecule has 6 nitrogen and oxygen atoms in total. The highest BCUT2D eigenvalue weighted by molar-refractivity contribution is 5.93. The van der Waals surface area contributed by atoms with Crippen molar-refractivity contribution in [2.75, 3.05) is 5.73 Å². The van der Waals surface area contributed by atoms with Gasteiger partial charge in [-0.05, 0) is 5.56 Å². The molecule has 94 valence electrons. The number of nitrogen functional groups attached to an aromatic ring is 1. The van der Waals surface area contributed by atoms with Crippen molar-refractivity contribution >= 4 is 17.4 Å². The molecule has 6 heteroatoms. The van der Waals surface area contributed by atoms with Gasteiger partial charge in [-0.3, -0.25) is 0 Å². The maximum absolute atomic E-state index is 11.0. The van der Waals surface area contributed by atoms with E-state index in [0.29, 0.717) is 5.65 Å². The topological polar surface area (TPSA) is 93.5 Å². The van der Waals surface area contributed by atoms with Gasteiger partial charge in [0.2, 0.25) is 0 Å². The van der Waals surface area contributed by atoms with Crippen molar-refractivity contribution in [3.8, 4) is 11.1 Å². The molecular formula is C13H10N4O2. The van der Waals surface area contributed by atoms with E-state index in [1.165, 1.54) is 10.7 Å². The number of carbonyl (C=O) groups is 1. The Morgan fingerprint density at radius 1 is 1.21 bits per heavy atom. The van der Waals surface area contributed by atoms with Gasteiger partial charge in [0.1, 0.15) is 11.4 Å². The molecule has 0 unspecified atom stereocenters. The van der Waals surface area contributed by atoms with E-state index >= 15 is 0 Å². The number of aromatic nitrogens is 3. The second-order valence-electron chi connectivity index (χ2n) is 4.02. The zero-order valence-electron chi connectivity index (χ0n) is 9.82. The van der Waals surface area contributed by atoms with Gasteiger partial charge in [0.05, 0.1) is 6.20 Å². The van der Waals surface area contributed by atoms with Crippen LogP contribution in [0.1, 0.15) is 10.4 Å². The summed E-state index contributed by atoms with van der Waals surface area (Å²) < 4.78 is 1.34. The van der Waals surface area contributed by atoms with Crippen molar-refractivity contribution in [1.29, 1.82) is 0 Å². The third kappa shape index (κ3) is 1.70. The van der Waals surface area contributed by atoms with E-state index in [4.69, 9.17) is 10.8 Å². The SMILES string of the molecule is Nc1c(C(=O)O)cnc2c(-c3ccccc3)cnn12. The molecule has 2 heterocycles. The minimum Gasteiger partial charge on any atom is -0.477 e. The van der Waals surface area contributed by atoms with Crippen LogP contribution >= 0.6 is 0 Å². The van der Waals surface area contributed by atoms with Gasteiger partial charge in [0.25, 0.3) is 0 Å². The van der Waals surface area contributed by atoms with E-state index in [0.717, 1.165) is 11.1 Å². The number of benzene rings is 1. The summed E-state index contributed by atoms with van der Waals surface area (Å²) >= 11 is 0. The van der Waals surface area contributed by atoms with Crippen molar-refractivity contribution in [2.45, 2.75) is 0 Å². The maximum Gasteiger partial charge on any atom is 0.341 e. The normalized spacial score (nSPS) is 10.7. The Bertz CT molecular complexity index is 765. The van der Waals surface area contributed by atoms with Crippen LogP contribution in [0, 0.1) is 0 Å². The van der Waals surface area contributed by atoms with E-state index in [-0.39, 0.29) is 11.4 Å². The van der Waals surface area contributed by atoms with Gasteiger partial charge in [-0.15, -0.1) is 0 Å². The first-order valence-electron chi connectivity index (χ1n) is 5.59. The monoisotopic (exact) mass is 254 g/mol. The fraction of sp³-hybridized carbons (Fsp3) is 0. The van der Waals surface area contributed by atoms with Crippen LogP contribution in [-0.4, -0.2) is 25.7 Å². The van der Waals surface area contributed by atoms with Crippen LogP contribution in [0.3, 0.4) is 0 Å². The van der Waals surface area contributed by atoms with Gasteiger partial charge in [-0.1, -0.05) is 30.3 Å². The average molecular weight is 254 g/mol. The minimum atomic E-state index is -1.12. The zero-order chi connectivity index (χ0) is 13.4. The molecule has 0 saturated heterocycles. The molecule has 0 amide bonds. The number of aromatic carboxylic acids is 1. The van der Waals surface area contributed by atoms with Crippen LogP contribution in [0.5, 0.6) is 0 Å². The maximum atomic E-state index is 11.0. The van der Waals surface area contributed by atoms with Crippen molar-refractivity contribution in [1.82, 2.24) is 14.6 Å². The van der Waals surface area contributed by atoms with E-state index in [1.807, 2.05) is 30.3 Å². The molecule has 0 spiro atoms. The molecule has 2 aromatic heterocycles. The predicted molar refractivity (Wildman–Crippen MR) is 69.8 cm³/mol. The smallest absolute Gasteiger partial charge is 0.341 e. The van der Waals surface area contributed by atoms with Crippen LogP contribution in [0.25, 0.3) is 16.8 Å². The van der Waals surface area contributed by atoms with E-state index < -0.39 is 5.97 Å². The van der Waals surface area contributed by atoms with E-state index in [1.54, 1.807) is 6.20 Å². The predicted octanol–water partition coefficient (Wildman–Crippen LogP) is 1.68. The number of fused-ring (bicyclic) bond motifs is 1. The van der Waals surface area contributed by atoms with Gasteiger partial charge in [-0.25, -0.2) is 9.78 Å². The van der Waals surface area contributed by atoms with Gasteiger partial charge in [0, 0.05) is 11.8 Å². The van der Waals surface area contributed by atoms with Crippen LogP contribution in [0.15, 0.2) is 42.7 Å². The summed E-state index contributed by atoms with van der Waals surface area (Å²) in [4.78, 5) is 15.1. The molecule has 19 heavy (non-hydrogen) atoms. The fourth-order valence-corrected chi connectivity index (χ4v) is 1.93. The number of nitrogens with zero attached hydrogens (tertiary/aromatic N) is 3. The molecule has 3 N–H and O–H groups in total. The van der Waals surface area contributed by atoms with Crippen molar-refractivity contribution in [2.24, 2.45) is 0 Å². The third-order valence-electron chi connectivity index (χ3n) is 2.88. The molecule has 1 aromatic carbocycles. The highest BCUT2D eigenvalue weighted by Crippen LogP contribution is 2.25. The number of hydrogen-bond acceptors (Lipinski definition) is 4. The standard InChI is InChI=1S/C13H10N4O2/c14-11-10(13(18)19)6-15-12-9(7-16-17(11)12)8-4-2-1-3-5-8/h1-7H,14H2,(H,18,19). The van der Waals surface area contributed by atoms with Crippen molar-refractivity contribution in [3.05, 3.63) is 48.3 Å². The minimum absolute atomic E-state index is 0.0600. The summed E-state index contributed by atoms with van der Waals surface area (Å²) in [7, 11) is 0. The first-order valence-corrected chi connectivity index (χ1v) is 5.59. The zero-order valence-corrected chi connectivity index (χ0v) is 9.82. The Labute approximate surface area is 108 Å². The first kappa shape index (κ1) is 11.2. The highest BCUT2D eigenvalue weighted by atomic mass is 16.4. The van der Waals surface area contributed by atoms with Gasteiger partial charge < -0.3 is 10.8 Å². The largest absolute Gasteiger partial charge is 0.477 e. The second kappa shape index (κ2) is 4.09. The van der Waals surface area contributed by atoms with Crippen LogP contribution < -0.4 is 5.73 Å². The Kier molecular flexibility index (Phi) is 2.42. The quantitative estimate of drug-likeness (QED) is 0.725. The molecule has 3 aromatic rings. The molecule has 0 radical (unpaired) electrons. The summed E-state index contributed by atoms with van der Waals surface area (Å²) in [6.45, 7) is 0. The lowest BCUT2D eigenvalue weighted by Crippen LogP contribution is -2.09. The number of carboxylic acid groups (broad SMARTS) is 1. The van der Waals surface area contributed by atoms with Crippen molar-refractivity contribution < 1.29 is 9.90 Å². The van der Waals surface area contributed by atoms with Crippen LogP contribution in [0.2, 0.25) is 0 Å². The molecule has 0 aliphatic carbocycles. The molecule has 3 rings (SSSR count). The number of hydrogen-bond donors (Lipinski definition) is 2. The summed E-state index contributed by atoms with van der Waals surface area (Å²) in [5.41, 5.74) is 8.03. The molecule has 0 fully saturated rings. The average Bonchev–Trinajstić information content (AvgIpc) is 2.84. The van der Waals surface area contributed by atoms with Gasteiger partial charge >= 0.3 is 5.97 Å². The Morgan fingerprint density at radius 3 is 2.63 bits per heavy atom. The van der Waals surface area contributed by atoms with Crippen LogP contribution in [0.4, 0.5) is 5.82 Å².